The zero-order valence-corrected chi connectivity index (χ0v) is 12.3. The predicted molar refractivity (Wildman–Crippen MR) is 78.3 cm³/mol. The minimum atomic E-state index is 0.627. The predicted octanol–water partition coefficient (Wildman–Crippen LogP) is 2.95. The Hall–Kier alpha value is -1.32. The van der Waals surface area contributed by atoms with Gasteiger partial charge in [-0.1, -0.05) is 27.7 Å². The van der Waals surface area contributed by atoms with Crippen molar-refractivity contribution in [3.63, 3.8) is 0 Å². The molecule has 102 valence electrons. The van der Waals surface area contributed by atoms with Crippen molar-refractivity contribution in [3.8, 4) is 0 Å². The molecule has 0 unspecified atom stereocenters. The van der Waals surface area contributed by atoms with Crippen molar-refractivity contribution in [2.75, 3.05) is 30.4 Å². The molecule has 0 bridgehead atoms. The van der Waals surface area contributed by atoms with Crippen molar-refractivity contribution in [3.05, 3.63) is 11.9 Å². The Kier molecular flexibility index (Phi) is 5.89. The number of hydrogen-bond acceptors (Lipinski definition) is 4. The van der Waals surface area contributed by atoms with Crippen LogP contribution in [0.25, 0.3) is 0 Å². The van der Waals surface area contributed by atoms with E-state index < -0.39 is 0 Å². The second-order valence-corrected chi connectivity index (χ2v) is 5.08. The highest BCUT2D eigenvalue weighted by Gasteiger charge is 2.13. The smallest absolute Gasteiger partial charge is 0.137 e. The number of hydrogen-bond donors (Lipinski definition) is 1. The molecule has 1 aromatic rings. The van der Waals surface area contributed by atoms with Crippen LogP contribution in [0.4, 0.5) is 11.6 Å². The number of rotatable bonds is 7. The standard InChI is InChI=1S/C14H26N4/c1-6-8-15-13-12(7-2)14(17-10-16-13)18(5)9-11(3)4/h10-11H,6-9H2,1-5H3,(H,15,16,17). The SMILES string of the molecule is CCCNc1ncnc(N(C)CC(C)C)c1CC. The van der Waals surface area contributed by atoms with Gasteiger partial charge in [-0.2, -0.15) is 0 Å². The highest BCUT2D eigenvalue weighted by atomic mass is 15.2. The zero-order valence-electron chi connectivity index (χ0n) is 12.3. The van der Waals surface area contributed by atoms with Gasteiger partial charge in [0.1, 0.15) is 18.0 Å². The number of aromatic nitrogens is 2. The van der Waals surface area contributed by atoms with Crippen LogP contribution in [0.5, 0.6) is 0 Å². The van der Waals surface area contributed by atoms with E-state index in [0.717, 1.165) is 37.6 Å². The number of nitrogens with zero attached hydrogens (tertiary/aromatic N) is 3. The van der Waals surface area contributed by atoms with Crippen molar-refractivity contribution in [2.24, 2.45) is 5.92 Å². The Balaban J connectivity index is 2.96. The molecule has 1 rings (SSSR count). The van der Waals surface area contributed by atoms with E-state index in [-0.39, 0.29) is 0 Å². The lowest BCUT2D eigenvalue weighted by Crippen LogP contribution is -2.25. The molecule has 0 fully saturated rings. The van der Waals surface area contributed by atoms with Gasteiger partial charge in [0.25, 0.3) is 0 Å². The van der Waals surface area contributed by atoms with Crippen LogP contribution in [0.2, 0.25) is 0 Å². The lowest BCUT2D eigenvalue weighted by atomic mass is 10.1. The van der Waals surface area contributed by atoms with Gasteiger partial charge >= 0.3 is 0 Å². The van der Waals surface area contributed by atoms with Crippen molar-refractivity contribution < 1.29 is 0 Å². The van der Waals surface area contributed by atoms with Gasteiger partial charge in [-0.25, -0.2) is 9.97 Å². The van der Waals surface area contributed by atoms with Crippen molar-refractivity contribution in [2.45, 2.75) is 40.5 Å². The van der Waals surface area contributed by atoms with E-state index in [9.17, 15) is 0 Å². The van der Waals surface area contributed by atoms with Gasteiger partial charge in [-0.05, 0) is 18.8 Å². The molecule has 1 heterocycles. The molecule has 1 N–H and O–H groups in total. The Morgan fingerprint density at radius 2 is 2.00 bits per heavy atom. The molecule has 4 heteroatoms. The molecule has 0 atom stereocenters. The second-order valence-electron chi connectivity index (χ2n) is 5.08. The van der Waals surface area contributed by atoms with E-state index in [2.05, 4.69) is 54.9 Å². The zero-order chi connectivity index (χ0) is 13.5. The van der Waals surface area contributed by atoms with Crippen LogP contribution < -0.4 is 10.2 Å². The van der Waals surface area contributed by atoms with Crippen LogP contribution in [0.15, 0.2) is 6.33 Å². The van der Waals surface area contributed by atoms with Gasteiger partial charge in [0.05, 0.1) is 0 Å². The van der Waals surface area contributed by atoms with Crippen LogP contribution in [0, 0.1) is 5.92 Å². The van der Waals surface area contributed by atoms with E-state index >= 15 is 0 Å². The van der Waals surface area contributed by atoms with Gasteiger partial charge in [-0.3, -0.25) is 0 Å². The van der Waals surface area contributed by atoms with Crippen LogP contribution in [0.1, 0.15) is 39.7 Å². The third-order valence-corrected chi connectivity index (χ3v) is 2.82. The second kappa shape index (κ2) is 7.19. The van der Waals surface area contributed by atoms with Crippen molar-refractivity contribution in [1.82, 2.24) is 9.97 Å². The summed E-state index contributed by atoms with van der Waals surface area (Å²) in [6, 6.07) is 0. The minimum absolute atomic E-state index is 0.627. The van der Waals surface area contributed by atoms with Crippen LogP contribution in [-0.4, -0.2) is 30.1 Å². The molecule has 0 aliphatic rings. The monoisotopic (exact) mass is 250 g/mol. The molecular weight excluding hydrogens is 224 g/mol. The summed E-state index contributed by atoms with van der Waals surface area (Å²) < 4.78 is 0. The first kappa shape index (κ1) is 14.7. The fourth-order valence-corrected chi connectivity index (χ4v) is 2.09. The van der Waals surface area contributed by atoms with Crippen molar-refractivity contribution >= 4 is 11.6 Å². The molecule has 0 radical (unpaired) electrons. The average molecular weight is 250 g/mol. The molecule has 0 aliphatic heterocycles. The van der Waals surface area contributed by atoms with Gasteiger partial charge in [-0.15, -0.1) is 0 Å². The number of nitrogens with one attached hydrogen (secondary N) is 1. The first-order valence-corrected chi connectivity index (χ1v) is 6.88. The molecule has 1 aromatic heterocycles. The van der Waals surface area contributed by atoms with E-state index in [0.29, 0.717) is 5.92 Å². The van der Waals surface area contributed by atoms with Gasteiger partial charge in [0.15, 0.2) is 0 Å². The minimum Gasteiger partial charge on any atom is -0.370 e. The van der Waals surface area contributed by atoms with E-state index in [4.69, 9.17) is 0 Å². The third kappa shape index (κ3) is 3.86. The van der Waals surface area contributed by atoms with Gasteiger partial charge in [0, 0.05) is 25.7 Å². The molecular formula is C14H26N4. The Morgan fingerprint density at radius 1 is 1.28 bits per heavy atom. The first-order chi connectivity index (χ1) is 8.60. The van der Waals surface area contributed by atoms with E-state index in [1.807, 2.05) is 0 Å². The lowest BCUT2D eigenvalue weighted by Gasteiger charge is -2.23. The van der Waals surface area contributed by atoms with Crippen molar-refractivity contribution in [1.29, 1.82) is 0 Å². The maximum Gasteiger partial charge on any atom is 0.137 e. The van der Waals surface area contributed by atoms with Gasteiger partial charge < -0.3 is 10.2 Å². The Morgan fingerprint density at radius 3 is 2.56 bits per heavy atom. The first-order valence-electron chi connectivity index (χ1n) is 6.88. The normalized spacial score (nSPS) is 10.8. The summed E-state index contributed by atoms with van der Waals surface area (Å²) in [4.78, 5) is 11.0. The summed E-state index contributed by atoms with van der Waals surface area (Å²) in [5.74, 6) is 2.67. The summed E-state index contributed by atoms with van der Waals surface area (Å²) >= 11 is 0. The molecule has 0 saturated heterocycles. The maximum atomic E-state index is 4.45. The highest BCUT2D eigenvalue weighted by molar-refractivity contribution is 5.58. The fourth-order valence-electron chi connectivity index (χ4n) is 2.09. The van der Waals surface area contributed by atoms with Crippen LogP contribution in [-0.2, 0) is 6.42 Å². The quantitative estimate of drug-likeness (QED) is 0.808. The van der Waals surface area contributed by atoms with Crippen LogP contribution >= 0.6 is 0 Å². The summed E-state index contributed by atoms with van der Waals surface area (Å²) in [5, 5.41) is 3.38. The largest absolute Gasteiger partial charge is 0.370 e. The Labute approximate surface area is 111 Å². The lowest BCUT2D eigenvalue weighted by molar-refractivity contribution is 0.632. The summed E-state index contributed by atoms with van der Waals surface area (Å²) in [7, 11) is 2.10. The topological polar surface area (TPSA) is 41.1 Å². The summed E-state index contributed by atoms with van der Waals surface area (Å²) in [6.45, 7) is 10.7. The van der Waals surface area contributed by atoms with Gasteiger partial charge in [0.2, 0.25) is 0 Å². The summed E-state index contributed by atoms with van der Waals surface area (Å²) in [6.07, 6.45) is 3.71. The highest BCUT2D eigenvalue weighted by Crippen LogP contribution is 2.23. The molecule has 0 aromatic carbocycles. The van der Waals surface area contributed by atoms with E-state index in [1.165, 1.54) is 5.56 Å². The molecule has 0 amide bonds. The van der Waals surface area contributed by atoms with E-state index in [1.54, 1.807) is 6.33 Å². The maximum absolute atomic E-state index is 4.45. The molecule has 0 aliphatic carbocycles. The Bertz CT molecular complexity index is 363. The molecule has 4 nitrogen and oxygen atoms in total. The fraction of sp³-hybridized carbons (Fsp3) is 0.714. The molecule has 0 saturated carbocycles. The van der Waals surface area contributed by atoms with Crippen LogP contribution in [0.3, 0.4) is 0 Å². The summed E-state index contributed by atoms with van der Waals surface area (Å²) in [5.41, 5.74) is 1.22. The molecule has 0 spiro atoms. The third-order valence-electron chi connectivity index (χ3n) is 2.82. The average Bonchev–Trinajstić information content (AvgIpc) is 2.34. The molecule has 18 heavy (non-hydrogen) atoms. The number of anilines is 2.